The Bertz CT molecular complexity index is 780. The van der Waals surface area contributed by atoms with Gasteiger partial charge in [-0.2, -0.15) is 13.2 Å². The fourth-order valence-corrected chi connectivity index (χ4v) is 3.20. The lowest BCUT2D eigenvalue weighted by Crippen LogP contribution is -2.38. The largest absolute Gasteiger partial charge is 0.417 e. The summed E-state index contributed by atoms with van der Waals surface area (Å²) in [5.74, 6) is -0.0960. The minimum absolute atomic E-state index is 0.0903. The van der Waals surface area contributed by atoms with Crippen molar-refractivity contribution in [2.75, 3.05) is 18.0 Å². The maximum atomic E-state index is 12.8. The minimum Gasteiger partial charge on any atom is -0.368 e. The molecule has 1 saturated heterocycles. The van der Waals surface area contributed by atoms with Gasteiger partial charge in [0.15, 0.2) is 0 Å². The van der Waals surface area contributed by atoms with E-state index in [9.17, 15) is 18.0 Å². The van der Waals surface area contributed by atoms with Crippen molar-refractivity contribution in [1.29, 1.82) is 0 Å². The molecule has 4 nitrogen and oxygen atoms in total. The fourth-order valence-electron chi connectivity index (χ4n) is 2.93. The number of rotatable bonds is 4. The van der Waals surface area contributed by atoms with Crippen LogP contribution in [0.2, 0.25) is 0 Å². The molecule has 1 unspecified atom stereocenters. The fraction of sp³-hybridized carbons (Fsp3) is 0.333. The molecule has 2 aromatic rings. The van der Waals surface area contributed by atoms with Crippen molar-refractivity contribution in [3.63, 3.8) is 0 Å². The van der Waals surface area contributed by atoms with Crippen LogP contribution in [0.15, 0.2) is 47.2 Å². The van der Waals surface area contributed by atoms with Gasteiger partial charge in [0.2, 0.25) is 5.91 Å². The third-order valence-corrected chi connectivity index (χ3v) is 4.78. The molecule has 0 bridgehead atoms. The van der Waals surface area contributed by atoms with Gasteiger partial charge in [-0.1, -0.05) is 28.1 Å². The summed E-state index contributed by atoms with van der Waals surface area (Å²) in [6, 6.07) is 8.50. The highest BCUT2D eigenvalue weighted by Crippen LogP contribution is 2.31. The first-order valence-electron chi connectivity index (χ1n) is 8.12. The average molecular weight is 428 g/mol. The van der Waals surface area contributed by atoms with Crippen molar-refractivity contribution in [2.45, 2.75) is 25.1 Å². The van der Waals surface area contributed by atoms with Gasteiger partial charge in [0.25, 0.3) is 0 Å². The number of amides is 1. The smallest absolute Gasteiger partial charge is 0.368 e. The molecule has 1 aromatic carbocycles. The number of nitrogens with zero attached hydrogens (tertiary/aromatic N) is 2. The molecular formula is C18H17BrF3N3O. The van der Waals surface area contributed by atoms with Crippen molar-refractivity contribution in [3.05, 3.63) is 58.3 Å². The van der Waals surface area contributed by atoms with Gasteiger partial charge >= 0.3 is 6.18 Å². The van der Waals surface area contributed by atoms with Gasteiger partial charge in [0, 0.05) is 29.8 Å². The number of hydrogen-bond donors (Lipinski definition) is 1. The quantitative estimate of drug-likeness (QED) is 0.806. The van der Waals surface area contributed by atoms with Crippen molar-refractivity contribution in [1.82, 2.24) is 10.3 Å². The van der Waals surface area contributed by atoms with E-state index in [-0.39, 0.29) is 18.4 Å². The molecule has 138 valence electrons. The Hall–Kier alpha value is -2.09. The number of alkyl halides is 3. The zero-order chi connectivity index (χ0) is 18.7. The summed E-state index contributed by atoms with van der Waals surface area (Å²) in [5, 5.41) is 2.95. The molecule has 1 aliphatic heterocycles. The molecular weight excluding hydrogens is 411 g/mol. The molecule has 8 heteroatoms. The predicted molar refractivity (Wildman–Crippen MR) is 95.8 cm³/mol. The second-order valence-corrected chi connectivity index (χ2v) is 7.15. The van der Waals surface area contributed by atoms with Crippen molar-refractivity contribution in [2.24, 2.45) is 0 Å². The normalized spacial score (nSPS) is 17.4. The molecule has 2 heterocycles. The van der Waals surface area contributed by atoms with Crippen LogP contribution in [-0.2, 0) is 17.4 Å². The van der Waals surface area contributed by atoms with E-state index in [1.54, 1.807) is 0 Å². The highest BCUT2D eigenvalue weighted by atomic mass is 79.9. The molecule has 1 aromatic heterocycles. The number of hydrogen-bond acceptors (Lipinski definition) is 3. The average Bonchev–Trinajstić information content (AvgIpc) is 3.05. The molecule has 3 rings (SSSR count). The van der Waals surface area contributed by atoms with Gasteiger partial charge in [-0.25, -0.2) is 0 Å². The SMILES string of the molecule is O=C(Cc1ccc(Br)cc1)NC1CCN(c2cncc(C(F)(F)F)c2)C1. The van der Waals surface area contributed by atoms with Crippen molar-refractivity contribution < 1.29 is 18.0 Å². The summed E-state index contributed by atoms with van der Waals surface area (Å²) >= 11 is 3.35. The summed E-state index contributed by atoms with van der Waals surface area (Å²) in [4.78, 5) is 17.7. The van der Waals surface area contributed by atoms with Gasteiger partial charge < -0.3 is 10.2 Å². The summed E-state index contributed by atoms with van der Waals surface area (Å²) in [6.45, 7) is 1.04. The van der Waals surface area contributed by atoms with E-state index >= 15 is 0 Å². The number of carbonyl (C=O) groups excluding carboxylic acids is 1. The standard InChI is InChI=1S/C18H17BrF3N3O/c19-14-3-1-12(2-4-14)7-17(26)24-15-5-6-25(11-15)16-8-13(9-23-10-16)18(20,21)22/h1-4,8-10,15H,5-7,11H2,(H,24,26). The Morgan fingerprint density at radius 1 is 1.27 bits per heavy atom. The molecule has 0 spiro atoms. The number of halogens is 4. The molecule has 0 aliphatic carbocycles. The Morgan fingerprint density at radius 3 is 2.69 bits per heavy atom. The van der Waals surface area contributed by atoms with Gasteiger partial charge in [-0.3, -0.25) is 9.78 Å². The van der Waals surface area contributed by atoms with Crippen LogP contribution >= 0.6 is 15.9 Å². The maximum absolute atomic E-state index is 12.8. The second-order valence-electron chi connectivity index (χ2n) is 6.23. The minimum atomic E-state index is -4.42. The highest BCUT2D eigenvalue weighted by molar-refractivity contribution is 9.10. The van der Waals surface area contributed by atoms with Crippen LogP contribution in [0.4, 0.5) is 18.9 Å². The molecule has 0 radical (unpaired) electrons. The van der Waals surface area contributed by atoms with Crippen LogP contribution < -0.4 is 10.2 Å². The molecule has 1 fully saturated rings. The van der Waals surface area contributed by atoms with E-state index in [4.69, 9.17) is 0 Å². The van der Waals surface area contributed by atoms with Crippen LogP contribution in [0, 0.1) is 0 Å². The lowest BCUT2D eigenvalue weighted by atomic mass is 10.1. The van der Waals surface area contributed by atoms with E-state index < -0.39 is 11.7 Å². The number of carbonyl (C=O) groups is 1. The summed E-state index contributed by atoms with van der Waals surface area (Å²) in [6.07, 6.45) is -1.23. The van der Waals surface area contributed by atoms with Crippen LogP contribution in [-0.4, -0.2) is 30.0 Å². The van der Waals surface area contributed by atoms with Gasteiger partial charge in [-0.15, -0.1) is 0 Å². The molecule has 0 saturated carbocycles. The lowest BCUT2D eigenvalue weighted by molar-refractivity contribution is -0.137. The zero-order valence-electron chi connectivity index (χ0n) is 13.8. The van der Waals surface area contributed by atoms with E-state index in [2.05, 4.69) is 26.2 Å². The maximum Gasteiger partial charge on any atom is 0.417 e. The topological polar surface area (TPSA) is 45.2 Å². The summed E-state index contributed by atoms with van der Waals surface area (Å²) in [5.41, 5.74) is 0.560. The predicted octanol–water partition coefficient (Wildman–Crippen LogP) is 3.80. The molecule has 1 atom stereocenters. The van der Waals surface area contributed by atoms with Gasteiger partial charge in [0.05, 0.1) is 23.9 Å². The van der Waals surface area contributed by atoms with Crippen LogP contribution in [0.25, 0.3) is 0 Å². The first-order valence-corrected chi connectivity index (χ1v) is 8.91. The number of aromatic nitrogens is 1. The third kappa shape index (κ3) is 4.75. The van der Waals surface area contributed by atoms with Crippen molar-refractivity contribution in [3.8, 4) is 0 Å². The summed E-state index contributed by atoms with van der Waals surface area (Å²) in [7, 11) is 0. The van der Waals surface area contributed by atoms with Crippen LogP contribution in [0.3, 0.4) is 0 Å². The van der Waals surface area contributed by atoms with E-state index in [0.717, 1.165) is 22.3 Å². The molecule has 1 N–H and O–H groups in total. The first-order chi connectivity index (χ1) is 12.3. The number of nitrogens with one attached hydrogen (secondary N) is 1. The van der Waals surface area contributed by atoms with E-state index in [0.29, 0.717) is 25.2 Å². The highest BCUT2D eigenvalue weighted by Gasteiger charge is 2.32. The Balaban J connectivity index is 1.57. The van der Waals surface area contributed by atoms with Crippen LogP contribution in [0.1, 0.15) is 17.5 Å². The van der Waals surface area contributed by atoms with E-state index in [1.807, 2.05) is 29.2 Å². The summed E-state index contributed by atoms with van der Waals surface area (Å²) < 4.78 is 39.4. The number of benzene rings is 1. The zero-order valence-corrected chi connectivity index (χ0v) is 15.3. The first kappa shape index (κ1) is 18.7. The third-order valence-electron chi connectivity index (χ3n) is 4.25. The number of pyridine rings is 1. The molecule has 26 heavy (non-hydrogen) atoms. The molecule has 1 amide bonds. The van der Waals surface area contributed by atoms with Gasteiger partial charge in [0.1, 0.15) is 0 Å². The monoisotopic (exact) mass is 427 g/mol. The van der Waals surface area contributed by atoms with Crippen LogP contribution in [0.5, 0.6) is 0 Å². The van der Waals surface area contributed by atoms with Crippen molar-refractivity contribution >= 4 is 27.5 Å². The van der Waals surface area contributed by atoms with Gasteiger partial charge in [-0.05, 0) is 30.2 Å². The Morgan fingerprint density at radius 2 is 2.00 bits per heavy atom. The molecule has 1 aliphatic rings. The second kappa shape index (κ2) is 7.65. The number of anilines is 1. The Labute approximate surface area is 157 Å². The van der Waals surface area contributed by atoms with E-state index in [1.165, 1.54) is 6.20 Å². The Kier molecular flexibility index (Phi) is 5.50. The lowest BCUT2D eigenvalue weighted by Gasteiger charge is -2.20.